The molecule has 0 saturated carbocycles. The van der Waals surface area contributed by atoms with Crippen LogP contribution in [0.25, 0.3) is 0 Å². The first-order chi connectivity index (χ1) is 11.1. The van der Waals surface area contributed by atoms with Crippen molar-refractivity contribution >= 4 is 29.2 Å². The summed E-state index contributed by atoms with van der Waals surface area (Å²) in [5.41, 5.74) is 6.24. The van der Waals surface area contributed by atoms with Gasteiger partial charge in [-0.1, -0.05) is 0 Å². The average Bonchev–Trinajstić information content (AvgIpc) is 3.15. The number of rotatable bonds is 4. The van der Waals surface area contributed by atoms with E-state index in [1.165, 1.54) is 12.1 Å². The smallest absolute Gasteiger partial charge is 0.254 e. The molecule has 6 nitrogen and oxygen atoms in total. The van der Waals surface area contributed by atoms with Crippen LogP contribution in [-0.4, -0.2) is 27.2 Å². The lowest BCUT2D eigenvalue weighted by atomic mass is 10.1. The standard InChI is InChI=1S/C15H14FN5OS/c16-10-1-3-11(4-2-10)19-15-12(14(18)22)6-21(20-15)13-8-23-7-9(13)5-17/h1-4,6,9,13H,7-8H2,(H2,18,22)(H,19,20)/t9-,13?/m1/s1. The number of nitrogens with one attached hydrogen (secondary N) is 1. The van der Waals surface area contributed by atoms with E-state index in [-0.39, 0.29) is 23.3 Å². The van der Waals surface area contributed by atoms with Crippen molar-refractivity contribution in [3.8, 4) is 6.07 Å². The molecule has 3 N–H and O–H groups in total. The fourth-order valence-electron chi connectivity index (χ4n) is 2.43. The molecule has 1 saturated heterocycles. The number of carbonyl (C=O) groups is 1. The van der Waals surface area contributed by atoms with Crippen LogP contribution in [0.2, 0.25) is 0 Å². The number of amides is 1. The summed E-state index contributed by atoms with van der Waals surface area (Å²) in [7, 11) is 0. The summed E-state index contributed by atoms with van der Waals surface area (Å²) in [6, 6.07) is 7.88. The summed E-state index contributed by atoms with van der Waals surface area (Å²) in [5.74, 6) is 0.690. The number of hydrogen-bond acceptors (Lipinski definition) is 5. The molecule has 1 unspecified atom stereocenters. The lowest BCUT2D eigenvalue weighted by molar-refractivity contribution is 0.100. The van der Waals surface area contributed by atoms with E-state index in [1.54, 1.807) is 34.8 Å². The van der Waals surface area contributed by atoms with Gasteiger partial charge in [-0.25, -0.2) is 4.39 Å². The van der Waals surface area contributed by atoms with Crippen molar-refractivity contribution in [1.29, 1.82) is 5.26 Å². The Morgan fingerprint density at radius 2 is 2.17 bits per heavy atom. The van der Waals surface area contributed by atoms with Crippen molar-refractivity contribution in [3.05, 3.63) is 41.8 Å². The van der Waals surface area contributed by atoms with Crippen LogP contribution in [0.3, 0.4) is 0 Å². The number of primary amides is 1. The van der Waals surface area contributed by atoms with Crippen LogP contribution in [0.5, 0.6) is 0 Å². The zero-order chi connectivity index (χ0) is 16.4. The lowest BCUT2D eigenvalue weighted by Crippen LogP contribution is -2.17. The van der Waals surface area contributed by atoms with Crippen LogP contribution in [0, 0.1) is 23.1 Å². The third-order valence-corrected chi connectivity index (χ3v) is 4.83. The highest BCUT2D eigenvalue weighted by Gasteiger charge is 2.31. The maximum atomic E-state index is 13.0. The number of nitriles is 1. The third-order valence-electron chi connectivity index (χ3n) is 3.66. The van der Waals surface area contributed by atoms with Crippen molar-refractivity contribution in [2.45, 2.75) is 6.04 Å². The Hall–Kier alpha value is -2.53. The van der Waals surface area contributed by atoms with Crippen molar-refractivity contribution in [2.24, 2.45) is 11.7 Å². The summed E-state index contributed by atoms with van der Waals surface area (Å²) >= 11 is 1.68. The minimum Gasteiger partial charge on any atom is -0.365 e. The first kappa shape index (κ1) is 15.4. The monoisotopic (exact) mass is 331 g/mol. The maximum Gasteiger partial charge on any atom is 0.254 e. The molecule has 0 radical (unpaired) electrons. The summed E-state index contributed by atoms with van der Waals surface area (Å²) in [4.78, 5) is 11.6. The number of nitrogens with zero attached hydrogens (tertiary/aromatic N) is 3. The molecule has 23 heavy (non-hydrogen) atoms. The highest BCUT2D eigenvalue weighted by molar-refractivity contribution is 7.99. The van der Waals surface area contributed by atoms with Gasteiger partial charge in [0.2, 0.25) is 0 Å². The number of halogens is 1. The minimum absolute atomic E-state index is 0.0909. The zero-order valence-corrected chi connectivity index (χ0v) is 12.9. The van der Waals surface area contributed by atoms with E-state index in [0.717, 1.165) is 11.5 Å². The molecule has 1 aromatic carbocycles. The van der Waals surface area contributed by atoms with Crippen LogP contribution < -0.4 is 11.1 Å². The van der Waals surface area contributed by atoms with Gasteiger partial charge in [-0.3, -0.25) is 9.48 Å². The predicted octanol–water partition coefficient (Wildman–Crippen LogP) is 2.29. The molecule has 1 fully saturated rings. The Morgan fingerprint density at radius 1 is 1.43 bits per heavy atom. The summed E-state index contributed by atoms with van der Waals surface area (Å²) in [6.07, 6.45) is 1.56. The van der Waals surface area contributed by atoms with Crippen LogP contribution in [-0.2, 0) is 0 Å². The van der Waals surface area contributed by atoms with Gasteiger partial charge >= 0.3 is 0 Å². The van der Waals surface area contributed by atoms with Crippen molar-refractivity contribution < 1.29 is 9.18 Å². The van der Waals surface area contributed by atoms with E-state index >= 15 is 0 Å². The molecule has 1 aliphatic rings. The van der Waals surface area contributed by atoms with Crippen LogP contribution in [0.15, 0.2) is 30.5 Å². The fraction of sp³-hybridized carbons (Fsp3) is 0.267. The molecule has 0 bridgehead atoms. The summed E-state index contributed by atoms with van der Waals surface area (Å²) < 4.78 is 14.6. The highest BCUT2D eigenvalue weighted by Crippen LogP contribution is 2.34. The molecule has 8 heteroatoms. The number of carbonyl (C=O) groups excluding carboxylic acids is 1. The molecule has 0 aliphatic carbocycles. The van der Waals surface area contributed by atoms with E-state index in [9.17, 15) is 14.4 Å². The largest absolute Gasteiger partial charge is 0.365 e. The Morgan fingerprint density at radius 3 is 2.83 bits per heavy atom. The van der Waals surface area contributed by atoms with Crippen molar-refractivity contribution in [2.75, 3.05) is 16.8 Å². The summed E-state index contributed by atoms with van der Waals surface area (Å²) in [6.45, 7) is 0. The fourth-order valence-corrected chi connectivity index (χ4v) is 3.74. The topological polar surface area (TPSA) is 96.7 Å². The van der Waals surface area contributed by atoms with Crippen molar-refractivity contribution in [1.82, 2.24) is 9.78 Å². The van der Waals surface area contributed by atoms with E-state index < -0.39 is 5.91 Å². The van der Waals surface area contributed by atoms with Crippen LogP contribution in [0.1, 0.15) is 16.4 Å². The average molecular weight is 331 g/mol. The van der Waals surface area contributed by atoms with Gasteiger partial charge in [-0.05, 0) is 24.3 Å². The molecule has 118 valence electrons. The number of benzene rings is 1. The minimum atomic E-state index is -0.611. The molecule has 2 aromatic rings. The molecule has 1 aliphatic heterocycles. The Bertz CT molecular complexity index is 767. The maximum absolute atomic E-state index is 13.0. The van der Waals surface area contributed by atoms with Gasteiger partial charge < -0.3 is 11.1 Å². The molecule has 3 rings (SSSR count). The molecule has 2 heterocycles. The van der Waals surface area contributed by atoms with E-state index in [0.29, 0.717) is 11.5 Å². The molecule has 1 amide bonds. The Balaban J connectivity index is 1.91. The van der Waals surface area contributed by atoms with E-state index in [1.807, 2.05) is 0 Å². The van der Waals surface area contributed by atoms with Gasteiger partial charge in [-0.2, -0.15) is 22.1 Å². The predicted molar refractivity (Wildman–Crippen MR) is 85.9 cm³/mol. The number of aromatic nitrogens is 2. The van der Waals surface area contributed by atoms with Gasteiger partial charge in [0.15, 0.2) is 5.82 Å². The summed E-state index contributed by atoms with van der Waals surface area (Å²) in [5, 5.41) is 16.5. The third kappa shape index (κ3) is 3.14. The molecular formula is C15H14FN5OS. The molecular weight excluding hydrogens is 317 g/mol. The number of nitrogens with two attached hydrogens (primary N) is 1. The van der Waals surface area contributed by atoms with Gasteiger partial charge in [0.05, 0.1) is 18.0 Å². The number of hydrogen-bond donors (Lipinski definition) is 2. The number of anilines is 2. The first-order valence-corrected chi connectivity index (χ1v) is 8.13. The quantitative estimate of drug-likeness (QED) is 0.896. The normalized spacial score (nSPS) is 20.2. The van der Waals surface area contributed by atoms with Gasteiger partial charge in [-0.15, -0.1) is 0 Å². The number of thioether (sulfide) groups is 1. The molecule has 0 spiro atoms. The second-order valence-corrected chi connectivity index (χ2v) is 6.28. The van der Waals surface area contributed by atoms with Gasteiger partial charge in [0, 0.05) is 23.4 Å². The molecule has 1 aromatic heterocycles. The van der Waals surface area contributed by atoms with E-state index in [2.05, 4.69) is 16.5 Å². The van der Waals surface area contributed by atoms with Crippen LogP contribution in [0.4, 0.5) is 15.9 Å². The van der Waals surface area contributed by atoms with Crippen molar-refractivity contribution in [3.63, 3.8) is 0 Å². The van der Waals surface area contributed by atoms with Gasteiger partial charge in [0.1, 0.15) is 11.4 Å². The second-order valence-electron chi connectivity index (χ2n) is 5.21. The Labute approximate surface area is 136 Å². The van der Waals surface area contributed by atoms with Gasteiger partial charge in [0.25, 0.3) is 5.91 Å². The lowest BCUT2D eigenvalue weighted by Gasteiger charge is -2.12. The van der Waals surface area contributed by atoms with Crippen LogP contribution >= 0.6 is 11.8 Å². The van der Waals surface area contributed by atoms with E-state index in [4.69, 9.17) is 5.73 Å². The first-order valence-electron chi connectivity index (χ1n) is 6.97. The Kier molecular flexibility index (Phi) is 4.21. The highest BCUT2D eigenvalue weighted by atomic mass is 32.2. The molecule has 2 atom stereocenters. The zero-order valence-electron chi connectivity index (χ0n) is 12.1. The SMILES string of the molecule is N#C[C@@H]1CSCC1n1cc(C(N)=O)c(Nc2ccc(F)cc2)n1. The second kappa shape index (κ2) is 6.30.